The number of hydrogen-bond acceptors (Lipinski definition) is 2. The van der Waals surface area contributed by atoms with Gasteiger partial charge in [-0.05, 0) is 120 Å². The Bertz CT molecular complexity index is 2040. The van der Waals surface area contributed by atoms with Gasteiger partial charge < -0.3 is 0 Å². The Hall–Kier alpha value is -4.49. The van der Waals surface area contributed by atoms with Crippen LogP contribution in [0.1, 0.15) is 68.5 Å². The minimum atomic E-state index is -4.22. The molecule has 0 saturated carbocycles. The smallest absolute Gasteiger partial charge is 0.158 e. The van der Waals surface area contributed by atoms with Crippen LogP contribution in [0.2, 0.25) is 0 Å². The number of allylic oxidation sites excluding steroid dienone is 8. The lowest BCUT2D eigenvalue weighted by Gasteiger charge is -2.15. The molecule has 4 aromatic rings. The summed E-state index contributed by atoms with van der Waals surface area (Å²) in [6, 6.07) is 15.6. The molecule has 4 aromatic carbocycles. The van der Waals surface area contributed by atoms with Crippen LogP contribution in [0.25, 0.3) is 22.3 Å². The summed E-state index contributed by atoms with van der Waals surface area (Å²) in [4.78, 5) is 0. The molecule has 0 fully saturated rings. The monoisotopic (exact) mass is 654 g/mol. The van der Waals surface area contributed by atoms with Gasteiger partial charge in [0.05, 0.1) is 11.5 Å². The number of sulfone groups is 1. The molecule has 0 radical (unpaired) electrons. The standard InChI is InChI=1S/C40H34F4O2S/c1-23-11-13-27(15-25(23)3)31-7-5-9-33(31)35-19-37(41)29(17-39(35)43)21-47(45,46)22-30-18-40(44)36(20-38(30)42)34-10-6-8-32(34)28-14-12-24(2)26(4)16-28/h7-20H,5-6,21-22H2,1-4H3. The molecule has 0 heterocycles. The zero-order valence-electron chi connectivity index (χ0n) is 26.6. The molecule has 7 heteroatoms. The van der Waals surface area contributed by atoms with E-state index in [0.717, 1.165) is 68.8 Å². The van der Waals surface area contributed by atoms with Gasteiger partial charge in [-0.25, -0.2) is 26.0 Å². The number of aryl methyl sites for hydroxylation is 4. The first-order valence-corrected chi connectivity index (χ1v) is 17.3. The lowest BCUT2D eigenvalue weighted by Crippen LogP contribution is -2.12. The molecule has 2 aliphatic rings. The fourth-order valence-corrected chi connectivity index (χ4v) is 7.73. The highest BCUT2D eigenvalue weighted by atomic mass is 32.2. The highest BCUT2D eigenvalue weighted by Gasteiger charge is 2.25. The van der Waals surface area contributed by atoms with Gasteiger partial charge in [-0.3, -0.25) is 0 Å². The van der Waals surface area contributed by atoms with Crippen LogP contribution in [-0.4, -0.2) is 8.42 Å². The third-order valence-electron chi connectivity index (χ3n) is 9.11. The van der Waals surface area contributed by atoms with E-state index < -0.39 is 44.6 Å². The van der Waals surface area contributed by atoms with Crippen LogP contribution in [0.15, 0.2) is 85.0 Å². The normalized spacial score (nSPS) is 14.6. The van der Waals surface area contributed by atoms with Crippen molar-refractivity contribution < 1.29 is 26.0 Å². The zero-order chi connectivity index (χ0) is 33.6. The van der Waals surface area contributed by atoms with Gasteiger partial charge in [-0.15, -0.1) is 0 Å². The predicted octanol–water partition coefficient (Wildman–Crippen LogP) is 10.3. The van der Waals surface area contributed by atoms with Crippen LogP contribution in [0.3, 0.4) is 0 Å². The van der Waals surface area contributed by atoms with Crippen molar-refractivity contribution in [1.82, 2.24) is 0 Å². The van der Waals surface area contributed by atoms with Crippen LogP contribution in [-0.2, 0) is 21.3 Å². The minimum Gasteiger partial charge on any atom is -0.228 e. The van der Waals surface area contributed by atoms with Crippen LogP contribution in [0, 0.1) is 51.0 Å². The van der Waals surface area contributed by atoms with E-state index in [1.807, 2.05) is 88.4 Å². The van der Waals surface area contributed by atoms with Gasteiger partial charge >= 0.3 is 0 Å². The molecular weight excluding hydrogens is 620 g/mol. The van der Waals surface area contributed by atoms with Crippen molar-refractivity contribution in [3.05, 3.63) is 164 Å². The van der Waals surface area contributed by atoms with Crippen LogP contribution >= 0.6 is 0 Å². The average molecular weight is 655 g/mol. The maximum atomic E-state index is 15.5. The molecule has 0 N–H and O–H groups in total. The Morgan fingerprint density at radius 1 is 0.489 bits per heavy atom. The molecule has 6 rings (SSSR count). The summed E-state index contributed by atoms with van der Waals surface area (Å²) in [7, 11) is -4.22. The molecule has 0 spiro atoms. The maximum absolute atomic E-state index is 15.5. The molecule has 0 bridgehead atoms. The van der Waals surface area contributed by atoms with Gasteiger partial charge in [0.2, 0.25) is 0 Å². The van der Waals surface area contributed by atoms with Crippen LogP contribution < -0.4 is 0 Å². The lowest BCUT2D eigenvalue weighted by molar-refractivity contribution is 0.570. The number of halogens is 4. The Morgan fingerprint density at radius 2 is 0.872 bits per heavy atom. The van der Waals surface area contributed by atoms with Crippen LogP contribution in [0.5, 0.6) is 0 Å². The first-order valence-electron chi connectivity index (χ1n) is 15.4. The second kappa shape index (κ2) is 12.6. The van der Waals surface area contributed by atoms with E-state index in [4.69, 9.17) is 0 Å². The molecule has 2 aliphatic carbocycles. The molecule has 0 saturated heterocycles. The topological polar surface area (TPSA) is 34.1 Å². The highest BCUT2D eigenvalue weighted by molar-refractivity contribution is 7.89. The van der Waals surface area contributed by atoms with Gasteiger partial charge in [0.25, 0.3) is 0 Å². The summed E-state index contributed by atoms with van der Waals surface area (Å²) in [6.07, 6.45) is 8.60. The van der Waals surface area contributed by atoms with E-state index in [-0.39, 0.29) is 22.3 Å². The zero-order valence-corrected chi connectivity index (χ0v) is 27.5. The molecule has 0 amide bonds. The van der Waals surface area contributed by atoms with Gasteiger partial charge in [-0.1, -0.05) is 60.7 Å². The van der Waals surface area contributed by atoms with Crippen LogP contribution in [0.4, 0.5) is 17.6 Å². The fourth-order valence-electron chi connectivity index (χ4n) is 6.24. The van der Waals surface area contributed by atoms with Gasteiger partial charge in [0.1, 0.15) is 23.3 Å². The Labute approximate surface area is 273 Å². The fraction of sp³-hybridized carbons (Fsp3) is 0.200. The maximum Gasteiger partial charge on any atom is 0.158 e. The summed E-state index contributed by atoms with van der Waals surface area (Å²) < 4.78 is 88.0. The van der Waals surface area contributed by atoms with Crippen molar-refractivity contribution in [2.45, 2.75) is 52.0 Å². The highest BCUT2D eigenvalue weighted by Crippen LogP contribution is 2.40. The number of benzene rings is 4. The second-order valence-corrected chi connectivity index (χ2v) is 14.5. The molecular formula is C40H34F4O2S. The summed E-state index contributed by atoms with van der Waals surface area (Å²) in [6.45, 7) is 7.95. The van der Waals surface area contributed by atoms with E-state index in [0.29, 0.717) is 24.0 Å². The molecule has 0 atom stereocenters. The van der Waals surface area contributed by atoms with Crippen molar-refractivity contribution in [2.24, 2.45) is 0 Å². The number of rotatable bonds is 8. The molecule has 0 unspecified atom stereocenters. The van der Waals surface area contributed by atoms with Crippen molar-refractivity contribution in [2.75, 3.05) is 0 Å². The second-order valence-electron chi connectivity index (χ2n) is 12.4. The molecule has 2 nitrogen and oxygen atoms in total. The molecule has 0 aliphatic heterocycles. The summed E-state index contributed by atoms with van der Waals surface area (Å²) in [5.41, 5.74) is 8.06. The Kier molecular flexibility index (Phi) is 8.70. The summed E-state index contributed by atoms with van der Waals surface area (Å²) >= 11 is 0. The third kappa shape index (κ3) is 6.54. The Balaban J connectivity index is 1.22. The molecule has 0 aromatic heterocycles. The first kappa shape index (κ1) is 32.5. The molecule has 47 heavy (non-hydrogen) atoms. The van der Waals surface area contributed by atoms with E-state index in [1.165, 1.54) is 0 Å². The predicted molar refractivity (Wildman–Crippen MR) is 182 cm³/mol. The SMILES string of the molecule is Cc1ccc(C2=CCC=C2c2cc(F)c(CS(=O)(=O)Cc3cc(F)c(C4=CCC=C4c4ccc(C)c(C)c4)cc3F)cc2F)cc1C. The average Bonchev–Trinajstić information content (AvgIpc) is 3.70. The van der Waals surface area contributed by atoms with E-state index >= 15 is 17.6 Å². The molecule has 240 valence electrons. The minimum absolute atomic E-state index is 0.0322. The Morgan fingerprint density at radius 3 is 1.26 bits per heavy atom. The van der Waals surface area contributed by atoms with Gasteiger partial charge in [-0.2, -0.15) is 0 Å². The van der Waals surface area contributed by atoms with E-state index in [1.54, 1.807) is 0 Å². The van der Waals surface area contributed by atoms with Gasteiger partial charge in [0.15, 0.2) is 9.84 Å². The van der Waals surface area contributed by atoms with Crippen molar-refractivity contribution in [3.8, 4) is 0 Å². The van der Waals surface area contributed by atoms with Crippen molar-refractivity contribution in [3.63, 3.8) is 0 Å². The van der Waals surface area contributed by atoms with Crippen molar-refractivity contribution in [1.29, 1.82) is 0 Å². The summed E-state index contributed by atoms with van der Waals surface area (Å²) in [5.74, 6) is -5.06. The van der Waals surface area contributed by atoms with E-state index in [9.17, 15) is 8.42 Å². The van der Waals surface area contributed by atoms with Gasteiger partial charge in [0, 0.05) is 22.3 Å². The summed E-state index contributed by atoms with van der Waals surface area (Å²) in [5, 5.41) is 0. The third-order valence-corrected chi connectivity index (χ3v) is 10.6. The van der Waals surface area contributed by atoms with Crippen molar-refractivity contribution >= 4 is 32.1 Å². The number of hydrogen-bond donors (Lipinski definition) is 0. The van der Waals surface area contributed by atoms with E-state index in [2.05, 4.69) is 0 Å². The largest absolute Gasteiger partial charge is 0.228 e. The quantitative estimate of drug-likeness (QED) is 0.177. The first-order chi connectivity index (χ1) is 22.3. The lowest BCUT2D eigenvalue weighted by atomic mass is 9.92.